The van der Waals surface area contributed by atoms with Gasteiger partial charge in [-0.15, -0.1) is 0 Å². The molecule has 0 saturated heterocycles. The topological polar surface area (TPSA) is 104 Å². The molecule has 0 spiro atoms. The van der Waals surface area contributed by atoms with Crippen molar-refractivity contribution in [1.29, 1.82) is 0 Å². The van der Waals surface area contributed by atoms with Crippen molar-refractivity contribution in [2.24, 2.45) is 0 Å². The molecule has 0 saturated carbocycles. The number of imide groups is 1. The van der Waals surface area contributed by atoms with Gasteiger partial charge in [0, 0.05) is 40.9 Å². The van der Waals surface area contributed by atoms with Crippen molar-refractivity contribution in [3.63, 3.8) is 0 Å². The molecule has 0 atom stereocenters. The Hall–Kier alpha value is -4.13. The summed E-state index contributed by atoms with van der Waals surface area (Å²) in [7, 11) is 0. The summed E-state index contributed by atoms with van der Waals surface area (Å²) < 4.78 is 0. The van der Waals surface area contributed by atoms with E-state index in [1.54, 1.807) is 18.3 Å². The van der Waals surface area contributed by atoms with Gasteiger partial charge in [-0.25, -0.2) is 4.98 Å². The molecule has 2 heterocycles. The summed E-state index contributed by atoms with van der Waals surface area (Å²) in [6.07, 6.45) is 2.23. The van der Waals surface area contributed by atoms with Crippen molar-refractivity contribution < 1.29 is 9.59 Å². The fraction of sp³-hybridized carbons (Fsp3) is 0.125. The van der Waals surface area contributed by atoms with E-state index in [1.165, 1.54) is 4.90 Å². The van der Waals surface area contributed by atoms with Gasteiger partial charge < -0.3 is 16.0 Å². The van der Waals surface area contributed by atoms with Crippen LogP contribution in [0.2, 0.25) is 0 Å². The van der Waals surface area contributed by atoms with Gasteiger partial charge in [0.2, 0.25) is 0 Å². The van der Waals surface area contributed by atoms with Gasteiger partial charge in [0.1, 0.15) is 11.6 Å². The summed E-state index contributed by atoms with van der Waals surface area (Å²) in [5.74, 6) is 0.798. The minimum atomic E-state index is -0.226. The number of carbonyl (C=O) groups excluding carboxylic acids is 2. The van der Waals surface area contributed by atoms with E-state index in [1.807, 2.05) is 48.5 Å². The number of rotatable bonds is 6. The highest BCUT2D eigenvalue weighted by Gasteiger charge is 2.31. The lowest BCUT2D eigenvalue weighted by Crippen LogP contribution is -2.41. The monoisotopic (exact) mass is 411 g/mol. The van der Waals surface area contributed by atoms with Gasteiger partial charge in [0.05, 0.1) is 6.20 Å². The summed E-state index contributed by atoms with van der Waals surface area (Å²) in [6, 6.07) is 19.0. The van der Waals surface area contributed by atoms with Crippen molar-refractivity contribution in [2.75, 3.05) is 24.1 Å². The SMILES string of the molecule is Nc1cnc(-c2ccc(NCCCN3C(=O)c4cccc5cccc(c45)C3=O)cc2)[nH]1. The van der Waals surface area contributed by atoms with E-state index in [0.717, 1.165) is 27.8 Å². The molecular weight excluding hydrogens is 390 g/mol. The second kappa shape index (κ2) is 7.60. The third-order valence-electron chi connectivity index (χ3n) is 5.50. The number of amides is 2. The Morgan fingerprint density at radius 1 is 0.935 bits per heavy atom. The zero-order chi connectivity index (χ0) is 21.4. The highest BCUT2D eigenvalue weighted by molar-refractivity contribution is 6.25. The van der Waals surface area contributed by atoms with Crippen LogP contribution in [0.15, 0.2) is 66.9 Å². The summed E-state index contributed by atoms with van der Waals surface area (Å²) in [5, 5.41) is 5.00. The number of hydrogen-bond acceptors (Lipinski definition) is 5. The molecule has 4 aromatic rings. The van der Waals surface area contributed by atoms with E-state index < -0.39 is 0 Å². The van der Waals surface area contributed by atoms with Crippen LogP contribution in [0.5, 0.6) is 0 Å². The van der Waals surface area contributed by atoms with Crippen LogP contribution >= 0.6 is 0 Å². The molecule has 1 aromatic heterocycles. The average Bonchev–Trinajstić information content (AvgIpc) is 3.23. The number of aromatic nitrogens is 2. The molecular formula is C24H21N5O2. The minimum Gasteiger partial charge on any atom is -0.385 e. The molecule has 31 heavy (non-hydrogen) atoms. The molecule has 1 aliphatic heterocycles. The highest BCUT2D eigenvalue weighted by atomic mass is 16.2. The normalized spacial score (nSPS) is 13.1. The molecule has 0 fully saturated rings. The minimum absolute atomic E-state index is 0.226. The van der Waals surface area contributed by atoms with Crippen molar-refractivity contribution in [2.45, 2.75) is 6.42 Å². The fourth-order valence-electron chi connectivity index (χ4n) is 3.98. The van der Waals surface area contributed by atoms with Gasteiger partial charge in [-0.1, -0.05) is 24.3 Å². The fourth-order valence-corrected chi connectivity index (χ4v) is 3.98. The number of hydrogen-bond donors (Lipinski definition) is 3. The van der Waals surface area contributed by atoms with Gasteiger partial charge in [-0.2, -0.15) is 0 Å². The molecule has 0 radical (unpaired) electrons. The van der Waals surface area contributed by atoms with E-state index in [-0.39, 0.29) is 11.8 Å². The van der Waals surface area contributed by atoms with Crippen LogP contribution in [0.3, 0.4) is 0 Å². The molecule has 0 aliphatic carbocycles. The molecule has 5 rings (SSSR count). The highest BCUT2D eigenvalue weighted by Crippen LogP contribution is 2.30. The second-order valence-corrected chi connectivity index (χ2v) is 7.52. The maximum Gasteiger partial charge on any atom is 0.261 e. The third-order valence-corrected chi connectivity index (χ3v) is 5.50. The molecule has 0 unspecified atom stereocenters. The molecule has 3 aromatic carbocycles. The Balaban J connectivity index is 1.22. The third kappa shape index (κ3) is 3.40. The molecule has 0 bridgehead atoms. The molecule has 7 nitrogen and oxygen atoms in total. The Morgan fingerprint density at radius 2 is 1.61 bits per heavy atom. The summed E-state index contributed by atoms with van der Waals surface area (Å²) in [6.45, 7) is 0.995. The number of H-pyrrole nitrogens is 1. The number of nitrogens with one attached hydrogen (secondary N) is 2. The number of nitrogens with two attached hydrogens (primary N) is 1. The van der Waals surface area contributed by atoms with Crippen LogP contribution in [0, 0.1) is 0 Å². The molecule has 1 aliphatic rings. The quantitative estimate of drug-likeness (QED) is 0.330. The van der Waals surface area contributed by atoms with E-state index in [0.29, 0.717) is 36.5 Å². The van der Waals surface area contributed by atoms with Crippen LogP contribution < -0.4 is 11.1 Å². The van der Waals surface area contributed by atoms with Gasteiger partial charge in [0.15, 0.2) is 0 Å². The van der Waals surface area contributed by atoms with E-state index >= 15 is 0 Å². The maximum atomic E-state index is 12.9. The number of nitrogen functional groups attached to an aromatic ring is 1. The van der Waals surface area contributed by atoms with Gasteiger partial charge in [-0.3, -0.25) is 14.5 Å². The van der Waals surface area contributed by atoms with Crippen molar-refractivity contribution in [3.05, 3.63) is 78.0 Å². The van der Waals surface area contributed by atoms with Crippen molar-refractivity contribution in [1.82, 2.24) is 14.9 Å². The number of benzene rings is 3. The Kier molecular flexibility index (Phi) is 4.63. The van der Waals surface area contributed by atoms with Crippen LogP contribution in [-0.4, -0.2) is 39.8 Å². The van der Waals surface area contributed by atoms with Crippen LogP contribution in [0.25, 0.3) is 22.2 Å². The Morgan fingerprint density at radius 3 is 2.23 bits per heavy atom. The second-order valence-electron chi connectivity index (χ2n) is 7.52. The maximum absolute atomic E-state index is 12.9. The van der Waals surface area contributed by atoms with Crippen LogP contribution in [0.4, 0.5) is 11.5 Å². The molecule has 2 amide bonds. The lowest BCUT2D eigenvalue weighted by Gasteiger charge is -2.27. The van der Waals surface area contributed by atoms with Crippen LogP contribution in [0.1, 0.15) is 27.1 Å². The lowest BCUT2D eigenvalue weighted by atomic mass is 9.94. The van der Waals surface area contributed by atoms with E-state index in [2.05, 4.69) is 15.3 Å². The number of nitrogens with zero attached hydrogens (tertiary/aromatic N) is 2. The number of imidazole rings is 1. The van der Waals surface area contributed by atoms with Gasteiger partial charge in [0.25, 0.3) is 11.8 Å². The first-order valence-corrected chi connectivity index (χ1v) is 10.1. The van der Waals surface area contributed by atoms with Crippen LogP contribution in [-0.2, 0) is 0 Å². The molecule has 7 heteroatoms. The van der Waals surface area contributed by atoms with Crippen molar-refractivity contribution >= 4 is 34.1 Å². The lowest BCUT2D eigenvalue weighted by molar-refractivity contribution is 0.0610. The standard InChI is InChI=1S/C24H21N5O2/c25-20-14-27-22(28-20)16-8-10-17(11-9-16)26-12-3-13-29-23(30)18-6-1-4-15-5-2-7-19(21(15)18)24(29)31/h1-2,4-11,14,26H,3,12-13,25H2,(H,27,28). The van der Waals surface area contributed by atoms with E-state index in [9.17, 15) is 9.59 Å². The zero-order valence-corrected chi connectivity index (χ0v) is 16.8. The summed E-state index contributed by atoms with van der Waals surface area (Å²) in [5.41, 5.74) is 8.76. The summed E-state index contributed by atoms with van der Waals surface area (Å²) in [4.78, 5) is 34.4. The van der Waals surface area contributed by atoms with Gasteiger partial charge in [-0.05, 0) is 48.2 Å². The Labute approximate surface area is 178 Å². The Bertz CT molecular complexity index is 1240. The van der Waals surface area contributed by atoms with Gasteiger partial charge >= 0.3 is 0 Å². The largest absolute Gasteiger partial charge is 0.385 e. The predicted molar refractivity (Wildman–Crippen MR) is 121 cm³/mol. The predicted octanol–water partition coefficient (Wildman–Crippen LogP) is 3.91. The zero-order valence-electron chi connectivity index (χ0n) is 16.8. The first-order valence-electron chi connectivity index (χ1n) is 10.1. The number of carbonyl (C=O) groups is 2. The number of anilines is 2. The smallest absolute Gasteiger partial charge is 0.261 e. The molecule has 4 N–H and O–H groups in total. The summed E-state index contributed by atoms with van der Waals surface area (Å²) >= 11 is 0. The number of aromatic amines is 1. The average molecular weight is 411 g/mol. The van der Waals surface area contributed by atoms with E-state index in [4.69, 9.17) is 5.73 Å². The van der Waals surface area contributed by atoms with Crippen molar-refractivity contribution in [3.8, 4) is 11.4 Å². The first kappa shape index (κ1) is 18.9. The first-order chi connectivity index (χ1) is 15.1. The molecule has 154 valence electrons.